The molecule has 1 fully saturated rings. The Morgan fingerprint density at radius 3 is 2.61 bits per heavy atom. The van der Waals surface area contributed by atoms with Crippen molar-refractivity contribution in [3.8, 4) is 5.75 Å². The molecule has 4 rings (SSSR count). The second-order valence-electron chi connectivity index (χ2n) is 7.69. The number of benzene rings is 1. The molecule has 3 heterocycles. The van der Waals surface area contributed by atoms with Gasteiger partial charge < -0.3 is 19.2 Å². The van der Waals surface area contributed by atoms with Crippen molar-refractivity contribution < 1.29 is 22.7 Å². The molecule has 0 aliphatic carbocycles. The predicted octanol–water partition coefficient (Wildman–Crippen LogP) is 3.76. The van der Waals surface area contributed by atoms with Crippen LogP contribution in [0.2, 0.25) is 0 Å². The summed E-state index contributed by atoms with van der Waals surface area (Å²) < 4.78 is 44.9. The van der Waals surface area contributed by atoms with E-state index in [1.807, 2.05) is 24.4 Å². The fourth-order valence-corrected chi connectivity index (χ4v) is 4.09. The second-order valence-corrected chi connectivity index (χ2v) is 7.69. The molecule has 9 heteroatoms. The number of methoxy groups -OCH3 is 1. The average molecular weight is 433 g/mol. The Morgan fingerprint density at radius 1 is 1.19 bits per heavy atom. The van der Waals surface area contributed by atoms with Gasteiger partial charge in [-0.05, 0) is 48.6 Å². The van der Waals surface area contributed by atoms with Crippen LogP contribution in [0.4, 0.5) is 13.2 Å². The molecule has 0 spiro atoms. The lowest BCUT2D eigenvalue weighted by atomic mass is 9.89. The first kappa shape index (κ1) is 21.0. The van der Waals surface area contributed by atoms with Gasteiger partial charge in [0.05, 0.1) is 12.7 Å². The number of carbonyl (C=O) groups is 1. The van der Waals surface area contributed by atoms with Gasteiger partial charge in [0.25, 0.3) is 5.56 Å². The lowest BCUT2D eigenvalue weighted by molar-refractivity contribution is -0.139. The monoisotopic (exact) mass is 433 g/mol. The number of amides is 1. The van der Waals surface area contributed by atoms with Crippen molar-refractivity contribution in [1.29, 1.82) is 0 Å². The molecule has 164 valence electrons. The molecule has 0 radical (unpaired) electrons. The summed E-state index contributed by atoms with van der Waals surface area (Å²) in [6.45, 7) is 0.555. The molecule has 1 aliphatic heterocycles. The third-order valence-electron chi connectivity index (χ3n) is 5.82. The van der Waals surface area contributed by atoms with Crippen molar-refractivity contribution in [1.82, 2.24) is 14.5 Å². The molecule has 0 atom stereocenters. The number of carbonyl (C=O) groups excluding carboxylic acids is 1. The highest BCUT2D eigenvalue weighted by atomic mass is 19.4. The number of fused-ring (bicyclic) bond motifs is 1. The van der Waals surface area contributed by atoms with Gasteiger partial charge in [0.2, 0.25) is 5.91 Å². The molecule has 0 unspecified atom stereocenters. The summed E-state index contributed by atoms with van der Waals surface area (Å²) in [7, 11) is 1.62. The molecule has 1 aromatic carbocycles. The minimum absolute atomic E-state index is 0.251. The Labute approximate surface area is 176 Å². The number of halogens is 3. The third-order valence-corrected chi connectivity index (χ3v) is 5.82. The Kier molecular flexibility index (Phi) is 5.51. The number of nitrogens with one attached hydrogen (secondary N) is 1. The second kappa shape index (κ2) is 8.13. The van der Waals surface area contributed by atoms with Crippen LogP contribution in [0.15, 0.2) is 47.5 Å². The molecule has 1 aliphatic rings. The summed E-state index contributed by atoms with van der Waals surface area (Å²) in [5.41, 5.74) is 0.589. The smallest absolute Gasteiger partial charge is 0.417 e. The molecule has 31 heavy (non-hydrogen) atoms. The molecule has 1 N–H and O–H groups in total. The molecule has 1 amide bonds. The maximum Gasteiger partial charge on any atom is 0.417 e. The van der Waals surface area contributed by atoms with Gasteiger partial charge in [0.1, 0.15) is 12.3 Å². The molecule has 0 bridgehead atoms. The van der Waals surface area contributed by atoms with Gasteiger partial charge in [-0.3, -0.25) is 9.59 Å². The van der Waals surface area contributed by atoms with Crippen LogP contribution in [-0.4, -0.2) is 40.6 Å². The number of likely N-dealkylation sites (tertiary alicyclic amines) is 1. The van der Waals surface area contributed by atoms with E-state index < -0.39 is 23.8 Å². The van der Waals surface area contributed by atoms with E-state index in [0.29, 0.717) is 19.3 Å². The number of hydrogen-bond acceptors (Lipinski definition) is 3. The van der Waals surface area contributed by atoms with Crippen molar-refractivity contribution in [3.05, 3.63) is 64.2 Å². The molecule has 3 aromatic rings. The highest BCUT2D eigenvalue weighted by Crippen LogP contribution is 2.35. The zero-order valence-corrected chi connectivity index (χ0v) is 16.9. The minimum Gasteiger partial charge on any atom is -0.497 e. The first-order chi connectivity index (χ1) is 14.8. The van der Waals surface area contributed by atoms with Crippen LogP contribution in [0.1, 0.15) is 29.9 Å². The number of H-pyrrole nitrogens is 1. The molecular formula is C22H22F3N3O3. The fourth-order valence-electron chi connectivity index (χ4n) is 4.09. The Morgan fingerprint density at radius 2 is 1.94 bits per heavy atom. The summed E-state index contributed by atoms with van der Waals surface area (Å²) in [4.78, 5) is 29.4. The van der Waals surface area contributed by atoms with E-state index in [1.165, 1.54) is 0 Å². The van der Waals surface area contributed by atoms with Gasteiger partial charge in [-0.25, -0.2) is 0 Å². The number of aromatic amines is 1. The van der Waals surface area contributed by atoms with Gasteiger partial charge >= 0.3 is 6.18 Å². The molecule has 1 saturated heterocycles. The van der Waals surface area contributed by atoms with E-state index in [2.05, 4.69) is 4.98 Å². The number of ether oxygens (including phenoxy) is 1. The van der Waals surface area contributed by atoms with Crippen LogP contribution in [0.5, 0.6) is 5.75 Å². The first-order valence-corrected chi connectivity index (χ1v) is 9.97. The van der Waals surface area contributed by atoms with E-state index in [9.17, 15) is 22.8 Å². The van der Waals surface area contributed by atoms with Crippen LogP contribution in [0.3, 0.4) is 0 Å². The number of alkyl halides is 3. The van der Waals surface area contributed by atoms with E-state index in [-0.39, 0.29) is 11.8 Å². The van der Waals surface area contributed by atoms with Crippen molar-refractivity contribution in [2.24, 2.45) is 0 Å². The Balaban J connectivity index is 1.44. The normalized spacial score (nSPS) is 15.4. The van der Waals surface area contributed by atoms with Gasteiger partial charge in [0.15, 0.2) is 0 Å². The highest BCUT2D eigenvalue weighted by molar-refractivity contribution is 5.85. The number of nitrogens with zero attached hydrogens (tertiary/aromatic N) is 2. The van der Waals surface area contributed by atoms with Crippen LogP contribution in [0, 0.1) is 0 Å². The minimum atomic E-state index is -4.57. The quantitative estimate of drug-likeness (QED) is 0.681. The summed E-state index contributed by atoms with van der Waals surface area (Å²) in [5, 5.41) is 1.08. The van der Waals surface area contributed by atoms with E-state index in [1.54, 1.807) is 12.0 Å². The van der Waals surface area contributed by atoms with Crippen LogP contribution >= 0.6 is 0 Å². The van der Waals surface area contributed by atoms with Gasteiger partial charge in [-0.1, -0.05) is 0 Å². The Bertz CT molecular complexity index is 1160. The summed E-state index contributed by atoms with van der Waals surface area (Å²) in [6, 6.07) is 7.40. The highest BCUT2D eigenvalue weighted by Gasteiger charge is 2.31. The van der Waals surface area contributed by atoms with Crippen molar-refractivity contribution in [2.45, 2.75) is 31.5 Å². The van der Waals surface area contributed by atoms with Crippen molar-refractivity contribution in [3.63, 3.8) is 0 Å². The zero-order chi connectivity index (χ0) is 22.2. The standard InChI is InChI=1S/C22H22F3N3O3/c1-31-16-3-4-19-17(10-16)18(11-26-19)14-6-8-27(9-7-14)21(30)13-28-12-15(22(23,24)25)2-5-20(28)29/h2-5,10-12,14,26H,6-9,13H2,1H3. The van der Waals surface area contributed by atoms with Crippen LogP contribution in [-0.2, 0) is 17.5 Å². The largest absolute Gasteiger partial charge is 0.497 e. The molecule has 6 nitrogen and oxygen atoms in total. The van der Waals surface area contributed by atoms with E-state index >= 15 is 0 Å². The maximum absolute atomic E-state index is 12.9. The van der Waals surface area contributed by atoms with Gasteiger partial charge in [-0.2, -0.15) is 13.2 Å². The number of pyridine rings is 1. The number of rotatable bonds is 4. The van der Waals surface area contributed by atoms with Crippen molar-refractivity contribution >= 4 is 16.8 Å². The van der Waals surface area contributed by atoms with E-state index in [0.717, 1.165) is 51.8 Å². The number of piperidine rings is 1. The topological polar surface area (TPSA) is 67.3 Å². The van der Waals surface area contributed by atoms with Gasteiger partial charge in [0, 0.05) is 42.5 Å². The number of hydrogen-bond donors (Lipinski definition) is 1. The molecule has 2 aromatic heterocycles. The average Bonchev–Trinajstić information content (AvgIpc) is 3.17. The molecular weight excluding hydrogens is 411 g/mol. The summed E-state index contributed by atoms with van der Waals surface area (Å²) >= 11 is 0. The predicted molar refractivity (Wildman–Crippen MR) is 109 cm³/mol. The van der Waals surface area contributed by atoms with Gasteiger partial charge in [-0.15, -0.1) is 0 Å². The molecule has 0 saturated carbocycles. The summed E-state index contributed by atoms with van der Waals surface area (Å²) in [5.74, 6) is 0.661. The SMILES string of the molecule is COc1ccc2[nH]cc(C3CCN(C(=O)Cn4cc(C(F)(F)F)ccc4=O)CC3)c2c1. The lowest BCUT2D eigenvalue weighted by Crippen LogP contribution is -2.41. The van der Waals surface area contributed by atoms with E-state index in [4.69, 9.17) is 4.74 Å². The van der Waals surface area contributed by atoms with Crippen LogP contribution in [0.25, 0.3) is 10.9 Å². The first-order valence-electron chi connectivity index (χ1n) is 9.97. The van der Waals surface area contributed by atoms with Crippen LogP contribution < -0.4 is 10.3 Å². The lowest BCUT2D eigenvalue weighted by Gasteiger charge is -2.32. The zero-order valence-electron chi connectivity index (χ0n) is 16.9. The number of aromatic nitrogens is 2. The van der Waals surface area contributed by atoms with Crippen molar-refractivity contribution in [2.75, 3.05) is 20.2 Å². The maximum atomic E-state index is 12.9. The summed E-state index contributed by atoms with van der Waals surface area (Å²) in [6.07, 6.45) is -0.430. The fraction of sp³-hybridized carbons (Fsp3) is 0.364. The Hall–Kier alpha value is -3.23. The third kappa shape index (κ3) is 4.30.